The third-order valence-electron chi connectivity index (χ3n) is 2.42. The zero-order valence-electron chi connectivity index (χ0n) is 10.4. The van der Waals surface area contributed by atoms with Crippen LogP contribution in [0.1, 0.15) is 5.69 Å². The Hall–Kier alpha value is -1.94. The molecule has 2 heterocycles. The van der Waals surface area contributed by atoms with Crippen LogP contribution in [0, 0.1) is 0 Å². The van der Waals surface area contributed by atoms with E-state index < -0.39 is 18.0 Å². The van der Waals surface area contributed by atoms with Crippen LogP contribution in [-0.2, 0) is 10.9 Å². The molecule has 1 atom stereocenters. The number of halogens is 3. The summed E-state index contributed by atoms with van der Waals surface area (Å²) in [6.45, 7) is 0.0643. The summed E-state index contributed by atoms with van der Waals surface area (Å²) in [7, 11) is 1.41. The molecule has 2 aromatic heterocycles. The Kier molecular flexibility index (Phi) is 4.04. The van der Waals surface area contributed by atoms with E-state index in [0.717, 1.165) is 16.9 Å². The van der Waals surface area contributed by atoms with Crippen LogP contribution < -0.4 is 5.32 Å². The first kappa shape index (κ1) is 14.5. The van der Waals surface area contributed by atoms with Gasteiger partial charge < -0.3 is 15.2 Å². The maximum Gasteiger partial charge on any atom is 0.433 e. The second-order valence-corrected chi connectivity index (χ2v) is 3.99. The fourth-order valence-corrected chi connectivity index (χ4v) is 1.56. The van der Waals surface area contributed by atoms with E-state index in [2.05, 4.69) is 20.4 Å². The molecule has 0 amide bonds. The van der Waals surface area contributed by atoms with Crippen LogP contribution in [0.5, 0.6) is 0 Å². The Balaban J connectivity index is 2.28. The molecule has 0 aliphatic carbocycles. The van der Waals surface area contributed by atoms with E-state index in [9.17, 15) is 18.3 Å². The third-order valence-corrected chi connectivity index (χ3v) is 2.42. The number of aliphatic hydroxyl groups is 1. The van der Waals surface area contributed by atoms with E-state index in [1.54, 1.807) is 0 Å². The van der Waals surface area contributed by atoms with Crippen LogP contribution in [0.4, 0.5) is 19.0 Å². The molecule has 0 spiro atoms. The molecule has 110 valence electrons. The predicted molar refractivity (Wildman–Crippen MR) is 62.2 cm³/mol. The maximum atomic E-state index is 12.7. The molecule has 10 heteroatoms. The van der Waals surface area contributed by atoms with Crippen LogP contribution in [-0.4, -0.2) is 51.1 Å². The lowest BCUT2D eigenvalue weighted by Crippen LogP contribution is -2.25. The molecule has 2 aromatic rings. The number of nitrogens with zero attached hydrogens (tertiary/aromatic N) is 4. The van der Waals surface area contributed by atoms with Crippen LogP contribution in [0.25, 0.3) is 5.78 Å². The molecule has 0 aliphatic rings. The SMILES string of the molecule is COCC(O)CNc1cc(C(F)(F)F)nc2ncnn12. The van der Waals surface area contributed by atoms with E-state index in [-0.39, 0.29) is 24.7 Å². The van der Waals surface area contributed by atoms with Gasteiger partial charge in [0.1, 0.15) is 12.1 Å². The lowest BCUT2D eigenvalue weighted by molar-refractivity contribution is -0.141. The van der Waals surface area contributed by atoms with E-state index in [4.69, 9.17) is 4.74 Å². The van der Waals surface area contributed by atoms with Gasteiger partial charge in [-0.1, -0.05) is 0 Å². The van der Waals surface area contributed by atoms with Gasteiger partial charge in [0.15, 0.2) is 5.69 Å². The molecule has 0 saturated carbocycles. The van der Waals surface area contributed by atoms with Crippen LogP contribution in [0.15, 0.2) is 12.4 Å². The van der Waals surface area contributed by atoms with Gasteiger partial charge >= 0.3 is 6.18 Å². The second-order valence-electron chi connectivity index (χ2n) is 3.99. The maximum absolute atomic E-state index is 12.7. The molecule has 0 saturated heterocycles. The fourth-order valence-electron chi connectivity index (χ4n) is 1.56. The van der Waals surface area contributed by atoms with Crippen molar-refractivity contribution in [3.05, 3.63) is 18.1 Å². The number of hydrogen-bond donors (Lipinski definition) is 2. The molecule has 0 radical (unpaired) electrons. The Morgan fingerprint density at radius 3 is 2.90 bits per heavy atom. The Morgan fingerprint density at radius 1 is 1.50 bits per heavy atom. The van der Waals surface area contributed by atoms with Gasteiger partial charge in [-0.2, -0.15) is 27.8 Å². The summed E-state index contributed by atoms with van der Waals surface area (Å²) in [6.07, 6.45) is -4.35. The summed E-state index contributed by atoms with van der Waals surface area (Å²) in [5.41, 5.74) is -1.08. The summed E-state index contributed by atoms with van der Waals surface area (Å²) in [5.74, 6) is -0.140. The zero-order chi connectivity index (χ0) is 14.8. The summed E-state index contributed by atoms with van der Waals surface area (Å²) >= 11 is 0. The molecule has 0 aromatic carbocycles. The van der Waals surface area contributed by atoms with Crippen molar-refractivity contribution >= 4 is 11.6 Å². The highest BCUT2D eigenvalue weighted by molar-refractivity contribution is 5.45. The van der Waals surface area contributed by atoms with Crippen LogP contribution in [0.3, 0.4) is 0 Å². The van der Waals surface area contributed by atoms with Crippen molar-refractivity contribution in [3.8, 4) is 0 Å². The van der Waals surface area contributed by atoms with Gasteiger partial charge in [-0.05, 0) is 0 Å². The summed E-state index contributed by atoms with van der Waals surface area (Å²) in [6, 6.07) is 0.807. The molecular formula is C10H12F3N5O2. The molecule has 2 N–H and O–H groups in total. The van der Waals surface area contributed by atoms with E-state index in [1.807, 2.05) is 0 Å². The molecule has 20 heavy (non-hydrogen) atoms. The molecule has 2 rings (SSSR count). The smallest absolute Gasteiger partial charge is 0.389 e. The van der Waals surface area contributed by atoms with Gasteiger partial charge in [0, 0.05) is 19.7 Å². The average molecular weight is 291 g/mol. The highest BCUT2D eigenvalue weighted by Gasteiger charge is 2.34. The molecular weight excluding hydrogens is 279 g/mol. The summed E-state index contributed by atoms with van der Waals surface area (Å²) in [5, 5.41) is 15.9. The number of ether oxygens (including phenoxy) is 1. The Morgan fingerprint density at radius 2 is 2.25 bits per heavy atom. The Labute approximate surface area is 111 Å². The first-order chi connectivity index (χ1) is 9.41. The number of rotatable bonds is 5. The molecule has 0 bridgehead atoms. The number of anilines is 1. The van der Waals surface area contributed by atoms with Crippen molar-refractivity contribution in [1.29, 1.82) is 0 Å². The van der Waals surface area contributed by atoms with Crippen LogP contribution in [0.2, 0.25) is 0 Å². The van der Waals surface area contributed by atoms with Gasteiger partial charge in [-0.25, -0.2) is 4.98 Å². The number of methoxy groups -OCH3 is 1. The van der Waals surface area contributed by atoms with Gasteiger partial charge in [-0.3, -0.25) is 0 Å². The van der Waals surface area contributed by atoms with Gasteiger partial charge in [-0.15, -0.1) is 0 Å². The van der Waals surface area contributed by atoms with Crippen molar-refractivity contribution in [1.82, 2.24) is 19.6 Å². The molecule has 0 aliphatic heterocycles. The minimum absolute atomic E-state index is 0.00408. The van der Waals surface area contributed by atoms with Crippen molar-refractivity contribution in [3.63, 3.8) is 0 Å². The fraction of sp³-hybridized carbons (Fsp3) is 0.500. The average Bonchev–Trinajstić information content (AvgIpc) is 2.83. The number of hydrogen-bond acceptors (Lipinski definition) is 6. The standard InChI is InChI=1S/C10H12F3N5O2/c1-20-4-6(19)3-14-8-2-7(10(11,12)13)17-9-15-5-16-18(8)9/h2,5-6,14,19H,3-4H2,1H3. The third kappa shape index (κ3) is 3.14. The first-order valence-electron chi connectivity index (χ1n) is 5.60. The minimum Gasteiger partial charge on any atom is -0.389 e. The van der Waals surface area contributed by atoms with E-state index in [1.165, 1.54) is 7.11 Å². The van der Waals surface area contributed by atoms with Crippen LogP contribution >= 0.6 is 0 Å². The first-order valence-corrected chi connectivity index (χ1v) is 5.60. The van der Waals surface area contributed by atoms with E-state index in [0.29, 0.717) is 0 Å². The molecule has 0 fully saturated rings. The number of aliphatic hydroxyl groups excluding tert-OH is 1. The number of fused-ring (bicyclic) bond motifs is 1. The number of alkyl halides is 3. The highest BCUT2D eigenvalue weighted by atomic mass is 19.4. The predicted octanol–water partition coefficient (Wildman–Crippen LogP) is 0.562. The lowest BCUT2D eigenvalue weighted by Gasteiger charge is -2.14. The normalized spacial score (nSPS) is 13.7. The van der Waals surface area contributed by atoms with Crippen molar-refractivity contribution < 1.29 is 23.0 Å². The quantitative estimate of drug-likeness (QED) is 0.837. The largest absolute Gasteiger partial charge is 0.433 e. The number of nitrogens with one attached hydrogen (secondary N) is 1. The molecule has 1 unspecified atom stereocenters. The molecule has 7 nitrogen and oxygen atoms in total. The Bertz CT molecular complexity index is 586. The van der Waals surface area contributed by atoms with Crippen molar-refractivity contribution in [2.24, 2.45) is 0 Å². The van der Waals surface area contributed by atoms with Gasteiger partial charge in [0.25, 0.3) is 5.78 Å². The second kappa shape index (κ2) is 5.59. The zero-order valence-corrected chi connectivity index (χ0v) is 10.4. The van der Waals surface area contributed by atoms with Crippen molar-refractivity contribution in [2.45, 2.75) is 12.3 Å². The van der Waals surface area contributed by atoms with Crippen molar-refractivity contribution in [2.75, 3.05) is 25.6 Å². The monoisotopic (exact) mass is 291 g/mol. The lowest BCUT2D eigenvalue weighted by atomic mass is 10.3. The van der Waals surface area contributed by atoms with Gasteiger partial charge in [0.2, 0.25) is 0 Å². The van der Waals surface area contributed by atoms with Gasteiger partial charge in [0.05, 0.1) is 12.7 Å². The topological polar surface area (TPSA) is 84.6 Å². The highest BCUT2D eigenvalue weighted by Crippen LogP contribution is 2.29. The number of aromatic nitrogens is 4. The summed E-state index contributed by atoms with van der Waals surface area (Å²) in [4.78, 5) is 7.00. The summed E-state index contributed by atoms with van der Waals surface area (Å²) < 4.78 is 44.0. The minimum atomic E-state index is -4.59. The van der Waals surface area contributed by atoms with E-state index >= 15 is 0 Å².